The average Bonchev–Trinajstić information content (AvgIpc) is 3.24. The highest BCUT2D eigenvalue weighted by Gasteiger charge is 2.44. The van der Waals surface area contributed by atoms with E-state index in [0.717, 1.165) is 25.7 Å². The molecule has 0 saturated carbocycles. The Morgan fingerprint density at radius 3 is 1.48 bits per heavy atom. The Morgan fingerprint density at radius 1 is 0.778 bits per heavy atom. The monoisotopic (exact) mass is 390 g/mol. The number of aliphatic hydroxyl groups excluding tert-OH is 2. The van der Waals surface area contributed by atoms with Crippen molar-refractivity contribution in [1.82, 2.24) is 0 Å². The molecule has 27 heavy (non-hydrogen) atoms. The molecular weight excluding hydrogens is 352 g/mol. The van der Waals surface area contributed by atoms with Crippen molar-refractivity contribution in [3.8, 4) is 0 Å². The highest BCUT2D eigenvalue weighted by atomic mass is 16.6. The van der Waals surface area contributed by atoms with Crippen LogP contribution >= 0.6 is 0 Å². The SMILES string of the molecule is CC(C)OCC1(COCC2(COC(C)C)CCC(CO)O2)CCC(CO)O1. The van der Waals surface area contributed by atoms with Crippen molar-refractivity contribution in [2.24, 2.45) is 0 Å². The lowest BCUT2D eigenvalue weighted by Crippen LogP contribution is -2.45. The largest absolute Gasteiger partial charge is 0.394 e. The summed E-state index contributed by atoms with van der Waals surface area (Å²) >= 11 is 0. The third-order valence-electron chi connectivity index (χ3n) is 5.17. The van der Waals surface area contributed by atoms with Crippen LogP contribution in [0.5, 0.6) is 0 Å². The van der Waals surface area contributed by atoms with Gasteiger partial charge < -0.3 is 33.9 Å². The fourth-order valence-electron chi connectivity index (χ4n) is 3.62. The lowest BCUT2D eigenvalue weighted by molar-refractivity contribution is -0.176. The van der Waals surface area contributed by atoms with Gasteiger partial charge in [-0.2, -0.15) is 0 Å². The molecule has 0 amide bonds. The van der Waals surface area contributed by atoms with E-state index in [1.54, 1.807) is 0 Å². The molecule has 2 fully saturated rings. The number of rotatable bonds is 12. The van der Waals surface area contributed by atoms with E-state index in [4.69, 9.17) is 23.7 Å². The van der Waals surface area contributed by atoms with E-state index in [-0.39, 0.29) is 37.6 Å². The first-order valence-electron chi connectivity index (χ1n) is 10.2. The van der Waals surface area contributed by atoms with Gasteiger partial charge in [-0.15, -0.1) is 0 Å². The van der Waals surface area contributed by atoms with Gasteiger partial charge in [-0.3, -0.25) is 0 Å². The van der Waals surface area contributed by atoms with E-state index in [1.807, 2.05) is 27.7 Å². The minimum Gasteiger partial charge on any atom is -0.394 e. The summed E-state index contributed by atoms with van der Waals surface area (Å²) in [5.41, 5.74) is -1.07. The van der Waals surface area contributed by atoms with Gasteiger partial charge in [0.2, 0.25) is 0 Å². The molecule has 7 nitrogen and oxygen atoms in total. The van der Waals surface area contributed by atoms with Gasteiger partial charge in [0.15, 0.2) is 0 Å². The molecule has 2 N–H and O–H groups in total. The van der Waals surface area contributed by atoms with Crippen molar-refractivity contribution in [3.63, 3.8) is 0 Å². The Bertz CT molecular complexity index is 393. The van der Waals surface area contributed by atoms with E-state index >= 15 is 0 Å². The molecule has 160 valence electrons. The number of aliphatic hydroxyl groups is 2. The van der Waals surface area contributed by atoms with Crippen LogP contribution < -0.4 is 0 Å². The van der Waals surface area contributed by atoms with Crippen LogP contribution in [-0.4, -0.2) is 85.5 Å². The van der Waals surface area contributed by atoms with E-state index in [1.165, 1.54) is 0 Å². The fraction of sp³-hybridized carbons (Fsp3) is 1.00. The molecule has 4 atom stereocenters. The summed E-state index contributed by atoms with van der Waals surface area (Å²) in [4.78, 5) is 0. The first-order valence-corrected chi connectivity index (χ1v) is 10.2. The van der Waals surface area contributed by atoms with Crippen molar-refractivity contribution in [3.05, 3.63) is 0 Å². The second-order valence-corrected chi connectivity index (χ2v) is 8.50. The third kappa shape index (κ3) is 6.92. The Labute approximate surface area is 163 Å². The maximum Gasteiger partial charge on any atom is 0.115 e. The second kappa shape index (κ2) is 10.5. The molecule has 0 aliphatic carbocycles. The van der Waals surface area contributed by atoms with Crippen molar-refractivity contribution in [2.75, 3.05) is 39.6 Å². The van der Waals surface area contributed by atoms with Gasteiger partial charge >= 0.3 is 0 Å². The van der Waals surface area contributed by atoms with Crippen molar-refractivity contribution in [2.45, 2.75) is 89.0 Å². The quantitative estimate of drug-likeness (QED) is 0.524. The summed E-state index contributed by atoms with van der Waals surface area (Å²) in [6, 6.07) is 0. The maximum absolute atomic E-state index is 9.43. The molecule has 0 bridgehead atoms. The summed E-state index contributed by atoms with van der Waals surface area (Å²) in [7, 11) is 0. The molecule has 0 aromatic carbocycles. The van der Waals surface area contributed by atoms with Gasteiger partial charge in [-0.1, -0.05) is 0 Å². The van der Waals surface area contributed by atoms with Crippen LogP contribution in [0, 0.1) is 0 Å². The van der Waals surface area contributed by atoms with E-state index < -0.39 is 11.2 Å². The lowest BCUT2D eigenvalue weighted by atomic mass is 10.00. The summed E-state index contributed by atoms with van der Waals surface area (Å²) in [6.45, 7) is 9.64. The lowest BCUT2D eigenvalue weighted by Gasteiger charge is -2.34. The molecule has 2 heterocycles. The topological polar surface area (TPSA) is 86.6 Å². The van der Waals surface area contributed by atoms with Crippen molar-refractivity contribution < 1.29 is 33.9 Å². The zero-order valence-electron chi connectivity index (χ0n) is 17.3. The second-order valence-electron chi connectivity index (χ2n) is 8.50. The van der Waals surface area contributed by atoms with Gasteiger partial charge in [-0.25, -0.2) is 0 Å². The molecule has 4 unspecified atom stereocenters. The van der Waals surface area contributed by atoms with Crippen LogP contribution in [0.25, 0.3) is 0 Å². The van der Waals surface area contributed by atoms with Crippen LogP contribution in [0.4, 0.5) is 0 Å². The molecule has 0 aromatic rings. The first-order chi connectivity index (χ1) is 12.8. The standard InChI is InChI=1S/C20H38O7/c1-15(2)24-13-19(7-5-17(9-21)26-19)11-23-12-20(14-25-16(3)4)8-6-18(10-22)27-20/h15-18,21-22H,5-14H2,1-4H3. The highest BCUT2D eigenvalue weighted by molar-refractivity contribution is 4.92. The van der Waals surface area contributed by atoms with Crippen LogP contribution in [0.2, 0.25) is 0 Å². The van der Waals surface area contributed by atoms with Gasteiger partial charge in [-0.05, 0) is 53.4 Å². The summed E-state index contributed by atoms with van der Waals surface area (Å²) in [5, 5.41) is 18.9. The molecular formula is C20H38O7. The number of ether oxygens (including phenoxy) is 5. The molecule has 2 rings (SSSR count). The fourth-order valence-corrected chi connectivity index (χ4v) is 3.62. The average molecular weight is 391 g/mol. The van der Waals surface area contributed by atoms with Crippen LogP contribution in [0.1, 0.15) is 53.4 Å². The van der Waals surface area contributed by atoms with E-state index in [9.17, 15) is 10.2 Å². The molecule has 2 saturated heterocycles. The Morgan fingerprint density at radius 2 is 1.19 bits per heavy atom. The van der Waals surface area contributed by atoms with E-state index in [2.05, 4.69) is 0 Å². The minimum absolute atomic E-state index is 0.0108. The van der Waals surface area contributed by atoms with Crippen molar-refractivity contribution in [1.29, 1.82) is 0 Å². The Balaban J connectivity index is 1.93. The molecule has 0 aromatic heterocycles. The predicted octanol–water partition coefficient (Wildman–Crippen LogP) is 1.67. The highest BCUT2D eigenvalue weighted by Crippen LogP contribution is 2.34. The Hall–Kier alpha value is -0.280. The number of hydrogen-bond acceptors (Lipinski definition) is 7. The van der Waals surface area contributed by atoms with Crippen LogP contribution in [0.3, 0.4) is 0 Å². The molecule has 7 heteroatoms. The number of hydrogen-bond donors (Lipinski definition) is 2. The van der Waals surface area contributed by atoms with Crippen LogP contribution in [-0.2, 0) is 23.7 Å². The molecule has 2 aliphatic heterocycles. The zero-order valence-corrected chi connectivity index (χ0v) is 17.3. The van der Waals surface area contributed by atoms with Gasteiger partial charge in [0.25, 0.3) is 0 Å². The smallest absolute Gasteiger partial charge is 0.115 e. The predicted molar refractivity (Wildman–Crippen MR) is 101 cm³/mol. The van der Waals surface area contributed by atoms with Crippen LogP contribution in [0.15, 0.2) is 0 Å². The van der Waals surface area contributed by atoms with Gasteiger partial charge in [0.1, 0.15) is 11.2 Å². The summed E-state index contributed by atoms with van der Waals surface area (Å²) < 4.78 is 29.8. The van der Waals surface area contributed by atoms with Gasteiger partial charge in [0.05, 0.1) is 64.1 Å². The van der Waals surface area contributed by atoms with E-state index in [0.29, 0.717) is 26.4 Å². The minimum atomic E-state index is -0.535. The van der Waals surface area contributed by atoms with Gasteiger partial charge in [0, 0.05) is 0 Å². The molecule has 0 radical (unpaired) electrons. The summed E-state index contributed by atoms with van der Waals surface area (Å²) in [5.74, 6) is 0. The normalized spacial score (nSPS) is 34.2. The maximum atomic E-state index is 9.43. The molecule has 2 aliphatic rings. The van der Waals surface area contributed by atoms with Crippen molar-refractivity contribution >= 4 is 0 Å². The Kier molecular flexibility index (Phi) is 8.93. The zero-order chi connectivity index (χ0) is 19.9. The molecule has 0 spiro atoms. The summed E-state index contributed by atoms with van der Waals surface area (Å²) in [6.07, 6.45) is 3.06. The first kappa shape index (κ1) is 23.0. The third-order valence-corrected chi connectivity index (χ3v) is 5.17.